The fourth-order valence-electron chi connectivity index (χ4n) is 2.05. The number of aromatic nitrogens is 1. The Hall–Kier alpha value is -1.19. The first-order valence-corrected chi connectivity index (χ1v) is 7.99. The van der Waals surface area contributed by atoms with Crippen LogP contribution in [-0.4, -0.2) is 11.0 Å². The van der Waals surface area contributed by atoms with Crippen molar-refractivity contribution in [1.29, 1.82) is 0 Å². The molecule has 0 bridgehead atoms. The molecule has 1 unspecified atom stereocenters. The van der Waals surface area contributed by atoms with Gasteiger partial charge in [0.2, 0.25) is 0 Å². The lowest BCUT2D eigenvalue weighted by Crippen LogP contribution is -2.27. The first-order chi connectivity index (χ1) is 9.45. The minimum Gasteiger partial charge on any atom is -0.309 e. The van der Waals surface area contributed by atoms with E-state index in [1.165, 1.54) is 15.4 Å². The summed E-state index contributed by atoms with van der Waals surface area (Å²) in [5, 5.41) is 4.80. The summed E-state index contributed by atoms with van der Waals surface area (Å²) in [4.78, 5) is 5.84. The van der Waals surface area contributed by atoms with Crippen molar-refractivity contribution in [3.05, 3.63) is 52.0 Å². The summed E-state index contributed by atoms with van der Waals surface area (Å²) in [5.74, 6) is 0. The maximum absolute atomic E-state index is 4.53. The lowest BCUT2D eigenvalue weighted by atomic mass is 9.98. The Bertz CT molecular complexity index is 525. The average Bonchev–Trinajstić information content (AvgIpc) is 2.86. The molecule has 0 aliphatic heterocycles. The fourth-order valence-corrected chi connectivity index (χ4v) is 2.97. The highest BCUT2D eigenvalue weighted by molar-refractivity contribution is 7.11. The van der Waals surface area contributed by atoms with Crippen LogP contribution in [0, 0.1) is 0 Å². The van der Waals surface area contributed by atoms with E-state index in [9.17, 15) is 0 Å². The molecule has 1 N–H and O–H groups in total. The molecular formula is C17H24N2S. The van der Waals surface area contributed by atoms with Gasteiger partial charge in [-0.05, 0) is 18.9 Å². The minimum absolute atomic E-state index is 0.151. The molecule has 0 amide bonds. The Morgan fingerprint density at radius 3 is 2.50 bits per heavy atom. The van der Waals surface area contributed by atoms with E-state index < -0.39 is 0 Å². The van der Waals surface area contributed by atoms with Gasteiger partial charge in [0.25, 0.3) is 0 Å². The molecule has 1 atom stereocenters. The van der Waals surface area contributed by atoms with Crippen LogP contribution in [0.5, 0.6) is 0 Å². The number of nitrogens with one attached hydrogen (secondary N) is 1. The van der Waals surface area contributed by atoms with Gasteiger partial charge in [-0.15, -0.1) is 11.3 Å². The summed E-state index contributed by atoms with van der Waals surface area (Å²) >= 11 is 1.81. The van der Waals surface area contributed by atoms with Crippen molar-refractivity contribution >= 4 is 11.3 Å². The molecule has 0 spiro atoms. The highest BCUT2D eigenvalue weighted by atomic mass is 32.1. The fraction of sp³-hybridized carbons (Fsp3) is 0.471. The van der Waals surface area contributed by atoms with Crippen molar-refractivity contribution in [3.8, 4) is 0 Å². The van der Waals surface area contributed by atoms with Gasteiger partial charge in [0.05, 0.1) is 5.01 Å². The van der Waals surface area contributed by atoms with Crippen LogP contribution >= 0.6 is 11.3 Å². The van der Waals surface area contributed by atoms with Crippen LogP contribution in [-0.2, 0) is 18.4 Å². The Morgan fingerprint density at radius 1 is 1.20 bits per heavy atom. The molecule has 108 valence electrons. The lowest BCUT2D eigenvalue weighted by Gasteiger charge is -2.14. The van der Waals surface area contributed by atoms with E-state index in [0.717, 1.165) is 13.0 Å². The zero-order valence-electron chi connectivity index (χ0n) is 12.8. The van der Waals surface area contributed by atoms with Gasteiger partial charge < -0.3 is 5.32 Å². The smallest absolute Gasteiger partial charge is 0.0981 e. The molecule has 0 saturated carbocycles. The number of thiazole rings is 1. The molecule has 2 aromatic rings. The number of nitrogens with zero attached hydrogens (tertiary/aromatic N) is 1. The third-order valence-electron chi connectivity index (χ3n) is 3.20. The third-order valence-corrected chi connectivity index (χ3v) is 4.63. The molecule has 2 rings (SSSR count). The number of rotatable bonds is 5. The Kier molecular flexibility index (Phi) is 4.95. The van der Waals surface area contributed by atoms with Crippen molar-refractivity contribution in [2.45, 2.75) is 52.1 Å². The molecule has 0 saturated heterocycles. The van der Waals surface area contributed by atoms with Crippen LogP contribution in [0.1, 0.15) is 43.1 Å². The molecular weight excluding hydrogens is 264 g/mol. The van der Waals surface area contributed by atoms with Gasteiger partial charge in [-0.2, -0.15) is 0 Å². The maximum Gasteiger partial charge on any atom is 0.0981 e. The van der Waals surface area contributed by atoms with Crippen LogP contribution < -0.4 is 5.32 Å². The molecule has 2 nitrogen and oxygen atoms in total. The number of hydrogen-bond acceptors (Lipinski definition) is 3. The first kappa shape index (κ1) is 15.2. The Balaban J connectivity index is 1.84. The molecule has 1 aromatic heterocycles. The van der Waals surface area contributed by atoms with E-state index in [4.69, 9.17) is 0 Å². The average molecular weight is 288 g/mol. The van der Waals surface area contributed by atoms with Crippen molar-refractivity contribution < 1.29 is 0 Å². The van der Waals surface area contributed by atoms with Crippen LogP contribution in [0.3, 0.4) is 0 Å². The Morgan fingerprint density at radius 2 is 1.90 bits per heavy atom. The summed E-state index contributed by atoms with van der Waals surface area (Å²) in [6.07, 6.45) is 3.07. The summed E-state index contributed by atoms with van der Waals surface area (Å²) < 4.78 is 0. The number of hydrogen-bond donors (Lipinski definition) is 1. The monoisotopic (exact) mass is 288 g/mol. The zero-order chi connectivity index (χ0) is 14.6. The topological polar surface area (TPSA) is 24.9 Å². The SMILES string of the molecule is CC(Cc1ccccc1)NCc1cnc(C(C)(C)C)s1. The molecule has 1 aromatic carbocycles. The maximum atomic E-state index is 4.53. The Labute approximate surface area is 126 Å². The van der Waals surface area contributed by atoms with Crippen LogP contribution in [0.4, 0.5) is 0 Å². The van der Waals surface area contributed by atoms with E-state index in [1.54, 1.807) is 0 Å². The van der Waals surface area contributed by atoms with Gasteiger partial charge in [-0.25, -0.2) is 4.98 Å². The van der Waals surface area contributed by atoms with Crippen LogP contribution in [0.25, 0.3) is 0 Å². The molecule has 0 fully saturated rings. The summed E-state index contributed by atoms with van der Waals surface area (Å²) in [6, 6.07) is 11.1. The van der Waals surface area contributed by atoms with Crippen molar-refractivity contribution in [1.82, 2.24) is 10.3 Å². The van der Waals surface area contributed by atoms with Crippen molar-refractivity contribution in [2.75, 3.05) is 0 Å². The summed E-state index contributed by atoms with van der Waals surface area (Å²) in [5.41, 5.74) is 1.53. The van der Waals surface area contributed by atoms with E-state index >= 15 is 0 Å². The van der Waals surface area contributed by atoms with E-state index in [1.807, 2.05) is 17.5 Å². The molecule has 20 heavy (non-hydrogen) atoms. The zero-order valence-corrected chi connectivity index (χ0v) is 13.6. The largest absolute Gasteiger partial charge is 0.309 e. The van der Waals surface area contributed by atoms with Gasteiger partial charge in [0, 0.05) is 29.1 Å². The minimum atomic E-state index is 0.151. The highest BCUT2D eigenvalue weighted by Crippen LogP contribution is 2.26. The highest BCUT2D eigenvalue weighted by Gasteiger charge is 2.17. The van der Waals surface area contributed by atoms with Crippen molar-refractivity contribution in [3.63, 3.8) is 0 Å². The third kappa shape index (κ3) is 4.43. The van der Waals surface area contributed by atoms with E-state index in [-0.39, 0.29) is 5.41 Å². The second-order valence-electron chi connectivity index (χ2n) is 6.35. The van der Waals surface area contributed by atoms with E-state index in [0.29, 0.717) is 6.04 Å². The van der Waals surface area contributed by atoms with Gasteiger partial charge in [-0.1, -0.05) is 51.1 Å². The molecule has 0 aliphatic carbocycles. The predicted molar refractivity (Wildman–Crippen MR) is 87.3 cm³/mol. The summed E-state index contributed by atoms with van der Waals surface area (Å²) in [7, 11) is 0. The standard InChI is InChI=1S/C17H24N2S/c1-13(10-14-8-6-5-7-9-14)18-11-15-12-19-16(20-15)17(2,3)4/h5-9,12-13,18H,10-11H2,1-4H3. The molecule has 0 aliphatic rings. The molecule has 1 heterocycles. The number of benzene rings is 1. The second-order valence-corrected chi connectivity index (χ2v) is 7.47. The molecule has 3 heteroatoms. The van der Waals surface area contributed by atoms with Gasteiger partial charge >= 0.3 is 0 Å². The summed E-state index contributed by atoms with van der Waals surface area (Å²) in [6.45, 7) is 9.77. The van der Waals surface area contributed by atoms with E-state index in [2.05, 4.69) is 68.3 Å². The second kappa shape index (κ2) is 6.51. The predicted octanol–water partition coefficient (Wildman–Crippen LogP) is 4.16. The first-order valence-electron chi connectivity index (χ1n) is 7.17. The van der Waals surface area contributed by atoms with Crippen molar-refractivity contribution in [2.24, 2.45) is 0 Å². The van der Waals surface area contributed by atoms with Crippen LogP contribution in [0.15, 0.2) is 36.5 Å². The van der Waals surface area contributed by atoms with Gasteiger partial charge in [0.15, 0.2) is 0 Å². The normalized spacial score (nSPS) is 13.4. The lowest BCUT2D eigenvalue weighted by molar-refractivity contribution is 0.548. The van der Waals surface area contributed by atoms with Crippen LogP contribution in [0.2, 0.25) is 0 Å². The van der Waals surface area contributed by atoms with Gasteiger partial charge in [-0.3, -0.25) is 0 Å². The molecule has 0 radical (unpaired) electrons. The van der Waals surface area contributed by atoms with Gasteiger partial charge in [0.1, 0.15) is 0 Å². The quantitative estimate of drug-likeness (QED) is 0.893.